The van der Waals surface area contributed by atoms with E-state index in [9.17, 15) is 5.11 Å². The van der Waals surface area contributed by atoms with Crippen LogP contribution in [0.15, 0.2) is 60.7 Å². The number of hydrogen-bond donors (Lipinski definition) is 2. The average molecular weight is 300 g/mol. The molecule has 0 fully saturated rings. The van der Waals surface area contributed by atoms with Gasteiger partial charge < -0.3 is 15.6 Å². The molecule has 4 heteroatoms. The van der Waals surface area contributed by atoms with Gasteiger partial charge in [0.05, 0.1) is 0 Å². The Morgan fingerprint density at radius 1 is 1.00 bits per heavy atom. The molecule has 4 nitrogen and oxygen atoms in total. The van der Waals surface area contributed by atoms with E-state index in [-0.39, 0.29) is 6.61 Å². The molecule has 2 aromatic carbocycles. The molecule has 0 heterocycles. The Hall–Kier alpha value is -1.88. The lowest BCUT2D eigenvalue weighted by Gasteiger charge is -2.24. The zero-order valence-electron chi connectivity index (χ0n) is 12.8. The molecule has 3 N–H and O–H groups in total. The molecule has 0 spiro atoms. The number of aliphatic hydroxyl groups is 1. The molecule has 2 aromatic rings. The Morgan fingerprint density at radius 3 is 2.27 bits per heavy atom. The molecule has 0 bridgehead atoms. The third-order valence-electron chi connectivity index (χ3n) is 3.35. The summed E-state index contributed by atoms with van der Waals surface area (Å²) in [6, 6.07) is 19.7. The van der Waals surface area contributed by atoms with Crippen molar-refractivity contribution in [1.29, 1.82) is 0 Å². The van der Waals surface area contributed by atoms with Crippen LogP contribution in [0.25, 0.3) is 0 Å². The molecule has 0 amide bonds. The average Bonchev–Trinajstić information content (AvgIpc) is 2.55. The highest BCUT2D eigenvalue weighted by Gasteiger charge is 2.12. The first kappa shape index (κ1) is 16.5. The van der Waals surface area contributed by atoms with Gasteiger partial charge in [-0.3, -0.25) is 4.90 Å². The summed E-state index contributed by atoms with van der Waals surface area (Å²) in [7, 11) is 0. The number of nitrogens with two attached hydrogens (primary N) is 1. The Morgan fingerprint density at radius 2 is 1.64 bits per heavy atom. The largest absolute Gasteiger partial charge is 0.491 e. The van der Waals surface area contributed by atoms with E-state index < -0.39 is 6.10 Å². The van der Waals surface area contributed by atoms with E-state index in [4.69, 9.17) is 10.5 Å². The second-order valence-corrected chi connectivity index (χ2v) is 5.29. The van der Waals surface area contributed by atoms with Crippen LogP contribution in [0.3, 0.4) is 0 Å². The second-order valence-electron chi connectivity index (χ2n) is 5.29. The van der Waals surface area contributed by atoms with E-state index in [0.29, 0.717) is 13.1 Å². The molecule has 0 aliphatic carbocycles. The van der Waals surface area contributed by atoms with E-state index in [1.807, 2.05) is 48.5 Å². The molecule has 0 radical (unpaired) electrons. The number of para-hydroxylation sites is 1. The maximum absolute atomic E-state index is 10.2. The molecule has 1 atom stereocenters. The Balaban J connectivity index is 1.81. The van der Waals surface area contributed by atoms with Crippen molar-refractivity contribution in [2.75, 3.05) is 26.2 Å². The molecule has 0 aliphatic heterocycles. The predicted molar refractivity (Wildman–Crippen MR) is 88.7 cm³/mol. The quantitative estimate of drug-likeness (QED) is 0.742. The smallest absolute Gasteiger partial charge is 0.119 e. The molecule has 0 aliphatic rings. The summed E-state index contributed by atoms with van der Waals surface area (Å²) in [5, 5.41) is 10.2. The minimum absolute atomic E-state index is 0.278. The Kier molecular flexibility index (Phi) is 6.90. The van der Waals surface area contributed by atoms with Crippen LogP contribution in [0.1, 0.15) is 5.56 Å². The third kappa shape index (κ3) is 5.85. The Bertz CT molecular complexity index is 519. The van der Waals surface area contributed by atoms with Crippen LogP contribution in [0.2, 0.25) is 0 Å². The SMILES string of the molecule is NCCN(Cc1ccccc1)C[C@H](O)COc1ccccc1. The lowest BCUT2D eigenvalue weighted by atomic mass is 10.2. The lowest BCUT2D eigenvalue weighted by Crippen LogP contribution is -2.38. The highest BCUT2D eigenvalue weighted by molar-refractivity contribution is 5.20. The minimum Gasteiger partial charge on any atom is -0.491 e. The van der Waals surface area contributed by atoms with Gasteiger partial charge in [-0.1, -0.05) is 48.5 Å². The molecule has 118 valence electrons. The van der Waals surface area contributed by atoms with Crippen molar-refractivity contribution in [2.45, 2.75) is 12.6 Å². The molecule has 0 saturated carbocycles. The normalized spacial score (nSPS) is 12.3. The van der Waals surface area contributed by atoms with Crippen LogP contribution in [-0.2, 0) is 6.54 Å². The van der Waals surface area contributed by atoms with Crippen molar-refractivity contribution >= 4 is 0 Å². The molecule has 0 aromatic heterocycles. The van der Waals surface area contributed by atoms with Gasteiger partial charge >= 0.3 is 0 Å². The van der Waals surface area contributed by atoms with Gasteiger partial charge in [0, 0.05) is 26.2 Å². The number of rotatable bonds is 9. The van der Waals surface area contributed by atoms with Gasteiger partial charge in [0.25, 0.3) is 0 Å². The summed E-state index contributed by atoms with van der Waals surface area (Å²) >= 11 is 0. The highest BCUT2D eigenvalue weighted by Crippen LogP contribution is 2.09. The number of ether oxygens (including phenoxy) is 1. The summed E-state index contributed by atoms with van der Waals surface area (Å²) in [6.45, 7) is 2.91. The van der Waals surface area contributed by atoms with Gasteiger partial charge in [-0.15, -0.1) is 0 Å². The van der Waals surface area contributed by atoms with E-state index in [0.717, 1.165) is 18.8 Å². The summed E-state index contributed by atoms with van der Waals surface area (Å²) in [4.78, 5) is 2.15. The van der Waals surface area contributed by atoms with Crippen LogP contribution in [-0.4, -0.2) is 42.4 Å². The summed E-state index contributed by atoms with van der Waals surface area (Å²) in [6.07, 6.45) is -0.546. The fourth-order valence-corrected chi connectivity index (χ4v) is 2.32. The molecule has 2 rings (SSSR count). The van der Waals surface area contributed by atoms with Crippen molar-refractivity contribution in [3.05, 3.63) is 66.2 Å². The van der Waals surface area contributed by atoms with Crippen molar-refractivity contribution in [1.82, 2.24) is 4.90 Å². The third-order valence-corrected chi connectivity index (χ3v) is 3.35. The first-order valence-corrected chi connectivity index (χ1v) is 7.60. The summed E-state index contributed by atoms with van der Waals surface area (Å²) < 4.78 is 5.59. The van der Waals surface area contributed by atoms with Crippen molar-refractivity contribution < 1.29 is 9.84 Å². The molecular formula is C18H24N2O2. The number of benzene rings is 2. The standard InChI is InChI=1S/C18H24N2O2/c19-11-12-20(13-16-7-3-1-4-8-16)14-17(21)15-22-18-9-5-2-6-10-18/h1-10,17,21H,11-15,19H2/t17-/m0/s1. The zero-order chi connectivity index (χ0) is 15.6. The molecule has 0 saturated heterocycles. The van der Waals surface area contributed by atoms with E-state index in [2.05, 4.69) is 17.0 Å². The maximum atomic E-state index is 10.2. The van der Waals surface area contributed by atoms with Gasteiger partial charge in [0.15, 0.2) is 0 Å². The van der Waals surface area contributed by atoms with E-state index >= 15 is 0 Å². The molecular weight excluding hydrogens is 276 g/mol. The van der Waals surface area contributed by atoms with Crippen molar-refractivity contribution in [3.63, 3.8) is 0 Å². The Labute approximate surface area is 132 Å². The van der Waals surface area contributed by atoms with E-state index in [1.54, 1.807) is 0 Å². The van der Waals surface area contributed by atoms with Crippen LogP contribution in [0, 0.1) is 0 Å². The first-order valence-electron chi connectivity index (χ1n) is 7.60. The number of aliphatic hydroxyl groups excluding tert-OH is 1. The lowest BCUT2D eigenvalue weighted by molar-refractivity contribution is 0.0666. The van der Waals surface area contributed by atoms with Crippen molar-refractivity contribution in [3.8, 4) is 5.75 Å². The predicted octanol–water partition coefficient (Wildman–Crippen LogP) is 1.89. The van der Waals surface area contributed by atoms with Gasteiger partial charge in [-0.25, -0.2) is 0 Å². The van der Waals surface area contributed by atoms with E-state index in [1.165, 1.54) is 5.56 Å². The first-order chi connectivity index (χ1) is 10.8. The van der Waals surface area contributed by atoms with Crippen LogP contribution in [0.4, 0.5) is 0 Å². The monoisotopic (exact) mass is 300 g/mol. The number of nitrogens with zero attached hydrogens (tertiary/aromatic N) is 1. The maximum Gasteiger partial charge on any atom is 0.119 e. The van der Waals surface area contributed by atoms with Crippen LogP contribution >= 0.6 is 0 Å². The van der Waals surface area contributed by atoms with Gasteiger partial charge in [-0.05, 0) is 17.7 Å². The molecule has 22 heavy (non-hydrogen) atoms. The van der Waals surface area contributed by atoms with Crippen molar-refractivity contribution in [2.24, 2.45) is 5.73 Å². The summed E-state index contributed by atoms with van der Waals surface area (Å²) in [5.74, 6) is 0.773. The van der Waals surface area contributed by atoms with Gasteiger partial charge in [0.1, 0.15) is 18.5 Å². The molecule has 0 unspecified atom stereocenters. The highest BCUT2D eigenvalue weighted by atomic mass is 16.5. The summed E-state index contributed by atoms with van der Waals surface area (Å²) in [5.41, 5.74) is 6.88. The van der Waals surface area contributed by atoms with Gasteiger partial charge in [0.2, 0.25) is 0 Å². The fourth-order valence-electron chi connectivity index (χ4n) is 2.32. The minimum atomic E-state index is -0.546. The zero-order valence-corrected chi connectivity index (χ0v) is 12.8. The fraction of sp³-hybridized carbons (Fsp3) is 0.333. The van der Waals surface area contributed by atoms with Gasteiger partial charge in [-0.2, -0.15) is 0 Å². The topological polar surface area (TPSA) is 58.7 Å². The van der Waals surface area contributed by atoms with Crippen LogP contribution < -0.4 is 10.5 Å². The second kappa shape index (κ2) is 9.20. The number of hydrogen-bond acceptors (Lipinski definition) is 4. The van der Waals surface area contributed by atoms with Crippen LogP contribution in [0.5, 0.6) is 5.75 Å².